The van der Waals surface area contributed by atoms with Crippen LogP contribution in [0, 0.1) is 0 Å². The number of aryl methyl sites for hydroxylation is 1. The van der Waals surface area contributed by atoms with Gasteiger partial charge in [-0.15, -0.1) is 11.3 Å². The smallest absolute Gasteiger partial charge is 0.276 e. The van der Waals surface area contributed by atoms with Crippen LogP contribution in [-0.4, -0.2) is 23.4 Å². The van der Waals surface area contributed by atoms with Gasteiger partial charge in [-0.3, -0.25) is 20.4 Å². The molecule has 0 atom stereocenters. The van der Waals surface area contributed by atoms with E-state index in [2.05, 4.69) is 22.8 Å². The minimum atomic E-state index is -0.449. The van der Waals surface area contributed by atoms with E-state index in [1.807, 2.05) is 48.5 Å². The maximum Gasteiger partial charge on any atom is 0.276 e. The molecule has 0 aliphatic rings. The Bertz CT molecular complexity index is 931. The minimum Gasteiger partial charge on any atom is -0.484 e. The number of amides is 2. The van der Waals surface area contributed by atoms with Crippen molar-refractivity contribution < 1.29 is 14.3 Å². The Morgan fingerprint density at radius 2 is 1.89 bits per heavy atom. The highest BCUT2D eigenvalue weighted by Gasteiger charge is 2.05. The monoisotopic (exact) mass is 381 g/mol. The van der Waals surface area contributed by atoms with Crippen molar-refractivity contribution in [1.82, 2.24) is 15.8 Å². The largest absolute Gasteiger partial charge is 0.484 e. The number of thiazole rings is 1. The summed E-state index contributed by atoms with van der Waals surface area (Å²) >= 11 is 1.49. The highest BCUT2D eigenvalue weighted by molar-refractivity contribution is 7.19. The molecule has 3 rings (SSSR count). The summed E-state index contributed by atoms with van der Waals surface area (Å²) in [4.78, 5) is 28.0. The molecular weight excluding hydrogens is 362 g/mol. The number of ether oxygens (including phenoxy) is 1. The number of nitrogens with one attached hydrogen (secondary N) is 2. The van der Waals surface area contributed by atoms with Gasteiger partial charge in [0, 0.05) is 6.08 Å². The van der Waals surface area contributed by atoms with E-state index in [0.29, 0.717) is 5.75 Å². The minimum absolute atomic E-state index is 0.187. The summed E-state index contributed by atoms with van der Waals surface area (Å²) in [6, 6.07) is 15.3. The van der Waals surface area contributed by atoms with E-state index in [4.69, 9.17) is 4.74 Å². The van der Waals surface area contributed by atoms with E-state index in [1.54, 1.807) is 6.08 Å². The summed E-state index contributed by atoms with van der Waals surface area (Å²) in [5.41, 5.74) is 6.70. The second-order valence-electron chi connectivity index (χ2n) is 5.68. The number of benzene rings is 2. The molecule has 1 aromatic heterocycles. The number of carbonyl (C=O) groups is 2. The van der Waals surface area contributed by atoms with Gasteiger partial charge in [0.05, 0.1) is 10.2 Å². The maximum atomic E-state index is 11.8. The van der Waals surface area contributed by atoms with Crippen molar-refractivity contribution in [2.75, 3.05) is 6.61 Å². The number of hydrazine groups is 1. The van der Waals surface area contributed by atoms with Crippen LogP contribution in [0.4, 0.5) is 0 Å². The standard InChI is InChI=1S/C20H19N3O3S/c1-2-14-7-9-15(10-8-14)26-13-19(25)23-22-18(24)11-12-20-21-16-5-3-4-6-17(16)27-20/h3-12H,2,13H2,1H3,(H,22,24)(H,23,25). The van der Waals surface area contributed by atoms with Crippen LogP contribution < -0.4 is 15.6 Å². The lowest BCUT2D eigenvalue weighted by molar-refractivity contribution is -0.128. The average Bonchev–Trinajstić information content (AvgIpc) is 3.12. The third-order valence-corrected chi connectivity index (χ3v) is 4.72. The molecule has 0 saturated heterocycles. The molecule has 0 aliphatic carbocycles. The van der Waals surface area contributed by atoms with Gasteiger partial charge >= 0.3 is 0 Å². The summed E-state index contributed by atoms with van der Waals surface area (Å²) in [7, 11) is 0. The van der Waals surface area contributed by atoms with Crippen molar-refractivity contribution >= 4 is 39.4 Å². The van der Waals surface area contributed by atoms with E-state index in [9.17, 15) is 9.59 Å². The van der Waals surface area contributed by atoms with Gasteiger partial charge < -0.3 is 4.74 Å². The van der Waals surface area contributed by atoms with Crippen LogP contribution in [0.15, 0.2) is 54.6 Å². The topological polar surface area (TPSA) is 80.3 Å². The van der Waals surface area contributed by atoms with Gasteiger partial charge in [-0.25, -0.2) is 4.98 Å². The third kappa shape index (κ3) is 5.39. The molecule has 2 amide bonds. The number of nitrogens with zero attached hydrogens (tertiary/aromatic N) is 1. The van der Waals surface area contributed by atoms with E-state index in [1.165, 1.54) is 23.0 Å². The quantitative estimate of drug-likeness (QED) is 0.508. The van der Waals surface area contributed by atoms with Gasteiger partial charge in [0.15, 0.2) is 6.61 Å². The van der Waals surface area contributed by atoms with Crippen LogP contribution in [0.2, 0.25) is 0 Å². The molecule has 138 valence electrons. The van der Waals surface area contributed by atoms with Crippen LogP contribution in [0.5, 0.6) is 5.75 Å². The molecule has 0 aliphatic heterocycles. The molecule has 2 N–H and O–H groups in total. The molecule has 0 radical (unpaired) electrons. The molecule has 7 heteroatoms. The van der Waals surface area contributed by atoms with Gasteiger partial charge in [-0.2, -0.15) is 0 Å². The Balaban J connectivity index is 1.43. The predicted molar refractivity (Wildman–Crippen MR) is 106 cm³/mol. The number of hydrogen-bond acceptors (Lipinski definition) is 5. The lowest BCUT2D eigenvalue weighted by Gasteiger charge is -2.08. The fourth-order valence-electron chi connectivity index (χ4n) is 2.29. The Kier molecular flexibility index (Phi) is 6.17. The molecule has 1 heterocycles. The number of fused-ring (bicyclic) bond motifs is 1. The van der Waals surface area contributed by atoms with E-state index in [-0.39, 0.29) is 6.61 Å². The van der Waals surface area contributed by atoms with Crippen LogP contribution in [0.1, 0.15) is 17.5 Å². The first kappa shape index (κ1) is 18.6. The Morgan fingerprint density at radius 3 is 2.63 bits per heavy atom. The van der Waals surface area contributed by atoms with E-state index in [0.717, 1.165) is 21.6 Å². The summed E-state index contributed by atoms with van der Waals surface area (Å²) in [6.07, 6.45) is 3.87. The molecule has 0 unspecified atom stereocenters. The third-order valence-electron chi connectivity index (χ3n) is 3.71. The number of carbonyl (C=O) groups excluding carboxylic acids is 2. The van der Waals surface area contributed by atoms with Gasteiger partial charge in [0.2, 0.25) is 0 Å². The number of aromatic nitrogens is 1. The molecule has 27 heavy (non-hydrogen) atoms. The zero-order valence-electron chi connectivity index (χ0n) is 14.8. The molecule has 6 nitrogen and oxygen atoms in total. The Hall–Kier alpha value is -3.19. The fraction of sp³-hybridized carbons (Fsp3) is 0.150. The van der Waals surface area contributed by atoms with Gasteiger partial charge in [0.1, 0.15) is 10.8 Å². The normalized spacial score (nSPS) is 10.9. The van der Waals surface area contributed by atoms with Crippen molar-refractivity contribution in [1.29, 1.82) is 0 Å². The van der Waals surface area contributed by atoms with Crippen molar-refractivity contribution in [3.63, 3.8) is 0 Å². The molecule has 0 bridgehead atoms. The van der Waals surface area contributed by atoms with Gasteiger partial charge in [-0.05, 0) is 42.3 Å². The molecule has 0 saturated carbocycles. The molecular formula is C20H19N3O3S. The molecule has 3 aromatic rings. The second-order valence-corrected chi connectivity index (χ2v) is 6.74. The zero-order chi connectivity index (χ0) is 19.1. The highest BCUT2D eigenvalue weighted by atomic mass is 32.1. The number of para-hydroxylation sites is 1. The highest BCUT2D eigenvalue weighted by Crippen LogP contribution is 2.22. The first-order valence-corrected chi connectivity index (χ1v) is 9.30. The number of hydrogen-bond donors (Lipinski definition) is 2. The van der Waals surface area contributed by atoms with Gasteiger partial charge in [0.25, 0.3) is 11.8 Å². The van der Waals surface area contributed by atoms with Crippen LogP contribution >= 0.6 is 11.3 Å². The van der Waals surface area contributed by atoms with Crippen LogP contribution in [0.3, 0.4) is 0 Å². The van der Waals surface area contributed by atoms with Gasteiger partial charge in [-0.1, -0.05) is 31.2 Å². The summed E-state index contributed by atoms with van der Waals surface area (Å²) in [6.45, 7) is 1.88. The first-order chi connectivity index (χ1) is 13.1. The Labute approximate surface area is 160 Å². The summed E-state index contributed by atoms with van der Waals surface area (Å²) in [5.74, 6) is -0.296. The van der Waals surface area contributed by atoms with Crippen molar-refractivity contribution in [2.24, 2.45) is 0 Å². The molecule has 0 spiro atoms. The predicted octanol–water partition coefficient (Wildman–Crippen LogP) is 3.10. The van der Waals surface area contributed by atoms with E-state index < -0.39 is 11.8 Å². The van der Waals surface area contributed by atoms with Crippen molar-refractivity contribution in [3.05, 3.63) is 65.2 Å². The zero-order valence-corrected chi connectivity index (χ0v) is 15.6. The Morgan fingerprint density at radius 1 is 1.11 bits per heavy atom. The average molecular weight is 381 g/mol. The summed E-state index contributed by atoms with van der Waals surface area (Å²) < 4.78 is 6.42. The van der Waals surface area contributed by atoms with Crippen LogP contribution in [0.25, 0.3) is 16.3 Å². The molecule has 2 aromatic carbocycles. The number of rotatable bonds is 6. The first-order valence-electron chi connectivity index (χ1n) is 8.48. The fourth-order valence-corrected chi connectivity index (χ4v) is 3.16. The lowest BCUT2D eigenvalue weighted by Crippen LogP contribution is -2.43. The van der Waals surface area contributed by atoms with Crippen molar-refractivity contribution in [2.45, 2.75) is 13.3 Å². The second kappa shape index (κ2) is 8.95. The van der Waals surface area contributed by atoms with E-state index >= 15 is 0 Å². The lowest BCUT2D eigenvalue weighted by atomic mass is 10.2. The SMILES string of the molecule is CCc1ccc(OCC(=O)NNC(=O)C=Cc2nc3ccccc3s2)cc1. The molecule has 0 fully saturated rings. The summed E-state index contributed by atoms with van der Waals surface area (Å²) in [5, 5.41) is 0.719. The maximum absolute atomic E-state index is 11.8. The van der Waals surface area contributed by atoms with Crippen LogP contribution in [-0.2, 0) is 16.0 Å². The van der Waals surface area contributed by atoms with Crippen molar-refractivity contribution in [3.8, 4) is 5.75 Å².